The Bertz CT molecular complexity index is 760. The van der Waals surface area contributed by atoms with E-state index in [9.17, 15) is 0 Å². The fourth-order valence-corrected chi connectivity index (χ4v) is 2.61. The maximum absolute atomic E-state index is 4.70. The smallest absolute Gasteiger partial charge is 0.160 e. The second-order valence-corrected chi connectivity index (χ2v) is 4.80. The summed E-state index contributed by atoms with van der Waals surface area (Å²) < 4.78 is 0. The van der Waals surface area contributed by atoms with Crippen molar-refractivity contribution in [1.82, 2.24) is 15.3 Å². The Hall–Kier alpha value is -2.26. The molecule has 92 valence electrons. The van der Waals surface area contributed by atoms with E-state index in [0.29, 0.717) is 0 Å². The van der Waals surface area contributed by atoms with Crippen LogP contribution in [0.15, 0.2) is 48.7 Å². The van der Waals surface area contributed by atoms with E-state index in [4.69, 9.17) is 4.98 Å². The molecule has 0 radical (unpaired) electrons. The van der Waals surface area contributed by atoms with Crippen LogP contribution in [0, 0.1) is 0 Å². The van der Waals surface area contributed by atoms with Gasteiger partial charge in [-0.05, 0) is 10.8 Å². The van der Waals surface area contributed by atoms with Crippen LogP contribution < -0.4 is 5.32 Å². The summed E-state index contributed by atoms with van der Waals surface area (Å²) in [5.74, 6) is 0.819. The van der Waals surface area contributed by atoms with Gasteiger partial charge < -0.3 is 5.32 Å². The molecule has 3 heteroatoms. The van der Waals surface area contributed by atoms with Crippen molar-refractivity contribution in [2.45, 2.75) is 13.1 Å². The molecule has 2 heterocycles. The Morgan fingerprint density at radius 1 is 0.947 bits per heavy atom. The number of nitrogens with one attached hydrogen (secondary N) is 1. The van der Waals surface area contributed by atoms with Gasteiger partial charge in [-0.25, -0.2) is 9.97 Å². The molecule has 0 saturated carbocycles. The van der Waals surface area contributed by atoms with Gasteiger partial charge >= 0.3 is 0 Å². The normalized spacial score (nSPS) is 13.7. The van der Waals surface area contributed by atoms with Crippen molar-refractivity contribution in [3.63, 3.8) is 0 Å². The number of hydrogen-bond acceptors (Lipinski definition) is 3. The highest BCUT2D eigenvalue weighted by Gasteiger charge is 2.14. The number of nitrogens with zero attached hydrogens (tertiary/aromatic N) is 2. The first-order valence-electron chi connectivity index (χ1n) is 6.45. The minimum Gasteiger partial charge on any atom is -0.307 e. The third-order valence-electron chi connectivity index (χ3n) is 3.59. The molecule has 1 aliphatic heterocycles. The second-order valence-electron chi connectivity index (χ2n) is 4.80. The lowest BCUT2D eigenvalue weighted by Crippen LogP contribution is -2.00. The van der Waals surface area contributed by atoms with Gasteiger partial charge in [0.25, 0.3) is 0 Å². The van der Waals surface area contributed by atoms with Gasteiger partial charge in [0.1, 0.15) is 0 Å². The summed E-state index contributed by atoms with van der Waals surface area (Å²) in [6.45, 7) is 1.72. The topological polar surface area (TPSA) is 37.8 Å². The quantitative estimate of drug-likeness (QED) is 0.718. The molecule has 1 aromatic heterocycles. The summed E-state index contributed by atoms with van der Waals surface area (Å²) in [5, 5.41) is 5.73. The molecule has 0 bridgehead atoms. The van der Waals surface area contributed by atoms with Crippen LogP contribution in [-0.2, 0) is 13.1 Å². The molecule has 0 saturated heterocycles. The van der Waals surface area contributed by atoms with E-state index in [1.807, 2.05) is 6.20 Å². The number of hydrogen-bond donors (Lipinski definition) is 1. The first-order chi connectivity index (χ1) is 9.42. The van der Waals surface area contributed by atoms with Crippen LogP contribution >= 0.6 is 0 Å². The van der Waals surface area contributed by atoms with E-state index in [1.165, 1.54) is 16.3 Å². The van der Waals surface area contributed by atoms with Gasteiger partial charge in [0.15, 0.2) is 5.82 Å². The largest absolute Gasteiger partial charge is 0.307 e. The molecule has 4 rings (SSSR count). The van der Waals surface area contributed by atoms with Crippen molar-refractivity contribution in [1.29, 1.82) is 0 Å². The standard InChI is InChI=1S/C16H13N3/c1-2-6-13-11(4-1)5-3-7-14(13)16-18-9-12-8-17-10-15(12)19-16/h1-7,9,17H,8,10H2. The number of fused-ring (bicyclic) bond motifs is 2. The number of aromatic nitrogens is 2. The maximum Gasteiger partial charge on any atom is 0.160 e. The molecular formula is C16H13N3. The first-order valence-corrected chi connectivity index (χ1v) is 6.45. The van der Waals surface area contributed by atoms with Crippen LogP contribution in [-0.4, -0.2) is 9.97 Å². The van der Waals surface area contributed by atoms with Crippen LogP contribution in [0.2, 0.25) is 0 Å². The zero-order chi connectivity index (χ0) is 12.7. The zero-order valence-corrected chi connectivity index (χ0v) is 10.4. The van der Waals surface area contributed by atoms with Crippen molar-refractivity contribution < 1.29 is 0 Å². The van der Waals surface area contributed by atoms with Crippen molar-refractivity contribution in [2.75, 3.05) is 0 Å². The predicted octanol–water partition coefficient (Wildman–Crippen LogP) is 2.90. The van der Waals surface area contributed by atoms with Gasteiger partial charge in [-0.2, -0.15) is 0 Å². The second kappa shape index (κ2) is 4.14. The van der Waals surface area contributed by atoms with Crippen molar-refractivity contribution in [2.24, 2.45) is 0 Å². The molecule has 1 N–H and O–H groups in total. The molecule has 19 heavy (non-hydrogen) atoms. The van der Waals surface area contributed by atoms with Gasteiger partial charge in [-0.15, -0.1) is 0 Å². The number of rotatable bonds is 1. The molecule has 0 unspecified atom stereocenters. The number of benzene rings is 2. The SMILES string of the molecule is c1ccc2c(-c3ncc4c(n3)CNC4)cccc2c1. The third-order valence-corrected chi connectivity index (χ3v) is 3.59. The van der Waals surface area contributed by atoms with Crippen molar-refractivity contribution >= 4 is 10.8 Å². The summed E-state index contributed by atoms with van der Waals surface area (Å²) in [4.78, 5) is 9.22. The minimum absolute atomic E-state index is 0.819. The average molecular weight is 247 g/mol. The highest BCUT2D eigenvalue weighted by molar-refractivity contribution is 5.94. The monoisotopic (exact) mass is 247 g/mol. The lowest BCUT2D eigenvalue weighted by atomic mass is 10.0. The van der Waals surface area contributed by atoms with E-state index in [0.717, 1.165) is 30.2 Å². The van der Waals surface area contributed by atoms with Crippen LogP contribution in [0.5, 0.6) is 0 Å². The Balaban J connectivity index is 1.95. The minimum atomic E-state index is 0.819. The molecule has 3 aromatic rings. The molecule has 0 atom stereocenters. The average Bonchev–Trinajstić information content (AvgIpc) is 2.94. The Kier molecular flexibility index (Phi) is 2.32. The molecule has 0 aliphatic carbocycles. The fourth-order valence-electron chi connectivity index (χ4n) is 2.61. The molecule has 1 aliphatic rings. The van der Waals surface area contributed by atoms with Gasteiger partial charge in [-0.1, -0.05) is 42.5 Å². The molecule has 0 spiro atoms. The Morgan fingerprint density at radius 2 is 1.84 bits per heavy atom. The third kappa shape index (κ3) is 1.71. The summed E-state index contributed by atoms with van der Waals surface area (Å²) in [6, 6.07) is 14.6. The Morgan fingerprint density at radius 3 is 2.84 bits per heavy atom. The molecule has 3 nitrogen and oxygen atoms in total. The molecule has 2 aromatic carbocycles. The lowest BCUT2D eigenvalue weighted by Gasteiger charge is -2.06. The van der Waals surface area contributed by atoms with Gasteiger partial charge in [0.05, 0.1) is 5.69 Å². The van der Waals surface area contributed by atoms with Gasteiger partial charge in [0, 0.05) is 30.4 Å². The predicted molar refractivity (Wildman–Crippen MR) is 75.5 cm³/mol. The van der Waals surface area contributed by atoms with Crippen molar-refractivity contribution in [3.05, 3.63) is 59.9 Å². The van der Waals surface area contributed by atoms with Crippen LogP contribution in [0.1, 0.15) is 11.3 Å². The van der Waals surface area contributed by atoms with Crippen molar-refractivity contribution in [3.8, 4) is 11.4 Å². The summed E-state index contributed by atoms with van der Waals surface area (Å²) in [6.07, 6.45) is 1.94. The zero-order valence-electron chi connectivity index (χ0n) is 10.4. The van der Waals surface area contributed by atoms with Crippen LogP contribution in [0.25, 0.3) is 22.2 Å². The lowest BCUT2D eigenvalue weighted by molar-refractivity contribution is 0.758. The summed E-state index contributed by atoms with van der Waals surface area (Å²) >= 11 is 0. The van der Waals surface area contributed by atoms with Gasteiger partial charge in [-0.3, -0.25) is 0 Å². The van der Waals surface area contributed by atoms with Gasteiger partial charge in [0.2, 0.25) is 0 Å². The Labute approximate surface area is 111 Å². The van der Waals surface area contributed by atoms with Crippen LogP contribution in [0.3, 0.4) is 0 Å². The molecule has 0 amide bonds. The molecular weight excluding hydrogens is 234 g/mol. The molecule has 0 fully saturated rings. The summed E-state index contributed by atoms with van der Waals surface area (Å²) in [7, 11) is 0. The van der Waals surface area contributed by atoms with E-state index >= 15 is 0 Å². The van der Waals surface area contributed by atoms with E-state index in [1.54, 1.807) is 0 Å². The van der Waals surface area contributed by atoms with E-state index in [2.05, 4.69) is 52.8 Å². The van der Waals surface area contributed by atoms with E-state index < -0.39 is 0 Å². The first kappa shape index (κ1) is 10.6. The summed E-state index contributed by atoms with van der Waals surface area (Å²) in [5.41, 5.74) is 3.44. The highest BCUT2D eigenvalue weighted by Crippen LogP contribution is 2.27. The van der Waals surface area contributed by atoms with E-state index in [-0.39, 0.29) is 0 Å². The van der Waals surface area contributed by atoms with Crippen LogP contribution in [0.4, 0.5) is 0 Å². The highest BCUT2D eigenvalue weighted by atomic mass is 15.0. The maximum atomic E-state index is 4.70. The fraction of sp³-hybridized carbons (Fsp3) is 0.125.